The zero-order chi connectivity index (χ0) is 16.6. The van der Waals surface area contributed by atoms with Crippen molar-refractivity contribution in [1.82, 2.24) is 9.97 Å². The summed E-state index contributed by atoms with van der Waals surface area (Å²) in [5.74, 6) is 0.228. The smallest absolute Gasteiger partial charge is 0.272 e. The van der Waals surface area contributed by atoms with Crippen molar-refractivity contribution in [2.24, 2.45) is 0 Å². The zero-order valence-corrected chi connectivity index (χ0v) is 13.4. The first kappa shape index (κ1) is 15.4. The average molecular weight is 348 g/mol. The van der Waals surface area contributed by atoms with E-state index in [4.69, 9.17) is 11.6 Å². The maximum Gasteiger partial charge on any atom is 0.272 e. The minimum Gasteiger partial charge on any atom is -0.305 e. The van der Waals surface area contributed by atoms with Gasteiger partial charge in [0, 0.05) is 11.6 Å². The molecule has 0 saturated heterocycles. The quantitative estimate of drug-likeness (QED) is 0.574. The number of nitro benzene ring substituents is 1. The molecule has 0 amide bonds. The van der Waals surface area contributed by atoms with Gasteiger partial charge in [-0.2, -0.15) is 0 Å². The van der Waals surface area contributed by atoms with Crippen LogP contribution in [0, 0.1) is 17.0 Å². The van der Waals surface area contributed by atoms with Crippen molar-refractivity contribution in [3.05, 3.63) is 67.1 Å². The van der Waals surface area contributed by atoms with Gasteiger partial charge in [0.15, 0.2) is 5.82 Å². The number of fused-ring (bicyclic) bond motifs is 1. The molecule has 8 heteroatoms. The summed E-state index contributed by atoms with van der Waals surface area (Å²) in [7, 11) is 0. The van der Waals surface area contributed by atoms with Crippen LogP contribution in [0.2, 0.25) is 0 Å². The van der Waals surface area contributed by atoms with E-state index >= 15 is 0 Å². The van der Waals surface area contributed by atoms with Gasteiger partial charge in [0.05, 0.1) is 15.5 Å². The Labute approximate surface area is 139 Å². The Hall–Kier alpha value is -2.51. The largest absolute Gasteiger partial charge is 0.305 e. The fourth-order valence-electron chi connectivity index (χ4n) is 2.11. The number of hydrogen-bond donors (Lipinski definition) is 1. The highest BCUT2D eigenvalue weighted by atomic mass is 35.5. The lowest BCUT2D eigenvalue weighted by atomic mass is 10.1. The first-order chi connectivity index (χ1) is 11.0. The topological polar surface area (TPSA) is 88.9 Å². The number of thiophene rings is 1. The van der Waals surface area contributed by atoms with E-state index in [0.717, 1.165) is 0 Å². The highest BCUT2D eigenvalue weighted by Crippen LogP contribution is 2.25. The summed E-state index contributed by atoms with van der Waals surface area (Å²) in [6.07, 6.45) is 1.53. The summed E-state index contributed by atoms with van der Waals surface area (Å²) >= 11 is 7.52. The highest BCUT2D eigenvalue weighted by molar-refractivity contribution is 7.17. The van der Waals surface area contributed by atoms with Gasteiger partial charge in [-0.15, -0.1) is 11.3 Å². The molecular weight excluding hydrogens is 338 g/mol. The fourth-order valence-corrected chi connectivity index (χ4v) is 3.05. The Bertz CT molecular complexity index is 1010. The molecule has 0 aliphatic heterocycles. The van der Waals surface area contributed by atoms with Crippen LogP contribution in [0.4, 0.5) is 5.69 Å². The van der Waals surface area contributed by atoms with Gasteiger partial charge in [-0.05, 0) is 30.0 Å². The Morgan fingerprint density at radius 2 is 2.22 bits per heavy atom. The average Bonchev–Trinajstić information content (AvgIpc) is 2.98. The molecule has 116 valence electrons. The van der Waals surface area contributed by atoms with Gasteiger partial charge >= 0.3 is 0 Å². The highest BCUT2D eigenvalue weighted by Gasteiger charge is 2.12. The molecule has 1 N–H and O–H groups in total. The predicted molar refractivity (Wildman–Crippen MR) is 91.8 cm³/mol. The molecule has 0 aliphatic rings. The molecule has 0 aliphatic carbocycles. The molecule has 1 aromatic carbocycles. The maximum absolute atomic E-state index is 11.9. The van der Waals surface area contributed by atoms with Crippen LogP contribution < -0.4 is 5.56 Å². The summed E-state index contributed by atoms with van der Waals surface area (Å²) < 4.78 is 0.532. The van der Waals surface area contributed by atoms with Gasteiger partial charge in [0.1, 0.15) is 4.70 Å². The molecule has 2 heterocycles. The molecule has 3 aromatic rings. The number of rotatable bonds is 3. The van der Waals surface area contributed by atoms with Gasteiger partial charge in [0.25, 0.3) is 11.2 Å². The number of aromatic amines is 1. The molecule has 0 spiro atoms. The second-order valence-corrected chi connectivity index (χ2v) is 6.17. The molecule has 0 bridgehead atoms. The number of nitrogens with zero attached hydrogens (tertiary/aromatic N) is 2. The van der Waals surface area contributed by atoms with Gasteiger partial charge < -0.3 is 4.98 Å². The second-order valence-electron chi connectivity index (χ2n) is 4.84. The predicted octanol–water partition coefficient (Wildman–Crippen LogP) is 3.94. The normalized spacial score (nSPS) is 11.8. The summed E-state index contributed by atoms with van der Waals surface area (Å²) in [5.41, 5.74) is 1.43. The van der Waals surface area contributed by atoms with E-state index < -0.39 is 4.92 Å². The van der Waals surface area contributed by atoms with Crippen molar-refractivity contribution >= 4 is 50.0 Å². The van der Waals surface area contributed by atoms with E-state index in [0.29, 0.717) is 21.3 Å². The number of benzene rings is 1. The minimum absolute atomic E-state index is 0.0120. The maximum atomic E-state index is 11.9. The monoisotopic (exact) mass is 347 g/mol. The molecule has 0 unspecified atom stereocenters. The Morgan fingerprint density at radius 1 is 1.43 bits per heavy atom. The lowest BCUT2D eigenvalue weighted by Gasteiger charge is -2.01. The second kappa shape index (κ2) is 5.94. The third-order valence-electron chi connectivity index (χ3n) is 3.26. The van der Waals surface area contributed by atoms with E-state index in [9.17, 15) is 14.9 Å². The van der Waals surface area contributed by atoms with Crippen LogP contribution in [0.25, 0.3) is 21.3 Å². The minimum atomic E-state index is -0.446. The number of hydrogen-bond acceptors (Lipinski definition) is 5. The third kappa shape index (κ3) is 3.01. The van der Waals surface area contributed by atoms with E-state index in [1.165, 1.54) is 23.5 Å². The van der Waals surface area contributed by atoms with Crippen molar-refractivity contribution in [2.45, 2.75) is 6.92 Å². The molecule has 23 heavy (non-hydrogen) atoms. The van der Waals surface area contributed by atoms with Crippen molar-refractivity contribution < 1.29 is 4.92 Å². The van der Waals surface area contributed by atoms with Crippen LogP contribution in [0.3, 0.4) is 0 Å². The van der Waals surface area contributed by atoms with Crippen LogP contribution in [-0.2, 0) is 0 Å². The van der Waals surface area contributed by atoms with E-state index in [1.54, 1.807) is 30.5 Å². The lowest BCUT2D eigenvalue weighted by Crippen LogP contribution is -2.08. The van der Waals surface area contributed by atoms with Crippen molar-refractivity contribution in [3.63, 3.8) is 0 Å². The number of aryl methyl sites for hydroxylation is 1. The van der Waals surface area contributed by atoms with E-state index in [1.807, 2.05) is 0 Å². The van der Waals surface area contributed by atoms with Crippen LogP contribution in [-0.4, -0.2) is 14.9 Å². The third-order valence-corrected chi connectivity index (χ3v) is 4.45. The van der Waals surface area contributed by atoms with Crippen molar-refractivity contribution in [1.29, 1.82) is 0 Å². The number of halogens is 1. The van der Waals surface area contributed by atoms with Gasteiger partial charge in [0.2, 0.25) is 0 Å². The molecule has 3 rings (SSSR count). The van der Waals surface area contributed by atoms with Crippen molar-refractivity contribution in [3.8, 4) is 0 Å². The summed E-state index contributed by atoms with van der Waals surface area (Å²) in [6, 6.07) is 6.52. The molecule has 0 fully saturated rings. The Kier molecular flexibility index (Phi) is 3.97. The first-order valence-corrected chi connectivity index (χ1v) is 7.81. The summed E-state index contributed by atoms with van der Waals surface area (Å²) in [4.78, 5) is 29.4. The molecule has 2 aromatic heterocycles. The van der Waals surface area contributed by atoms with Crippen LogP contribution in [0.5, 0.6) is 0 Å². The lowest BCUT2D eigenvalue weighted by molar-refractivity contribution is -0.385. The summed E-state index contributed by atoms with van der Waals surface area (Å²) in [5, 5.41) is 13.0. The molecule has 6 nitrogen and oxygen atoms in total. The van der Waals surface area contributed by atoms with Crippen LogP contribution >= 0.6 is 22.9 Å². The number of aromatic nitrogens is 2. The Balaban J connectivity index is 2.06. The SMILES string of the molecule is Cc1ccc(C=C(Cl)c2nc3ccsc3c(=O)[nH]2)cc1[N+](=O)[O-]. The standard InChI is InChI=1S/C15H10ClN3O3S/c1-8-2-3-9(7-12(8)19(21)22)6-10(16)14-17-11-4-5-23-13(11)15(20)18-14/h2-7H,1H3,(H,17,18,20). The van der Waals surface area contributed by atoms with E-state index in [-0.39, 0.29) is 22.1 Å². The molecule has 0 radical (unpaired) electrons. The van der Waals surface area contributed by atoms with E-state index in [2.05, 4.69) is 9.97 Å². The van der Waals surface area contributed by atoms with Gasteiger partial charge in [-0.25, -0.2) is 4.98 Å². The van der Waals surface area contributed by atoms with Crippen LogP contribution in [0.15, 0.2) is 34.4 Å². The Morgan fingerprint density at radius 3 is 2.96 bits per heavy atom. The first-order valence-electron chi connectivity index (χ1n) is 6.56. The molecule has 0 atom stereocenters. The fraction of sp³-hybridized carbons (Fsp3) is 0.0667. The van der Waals surface area contributed by atoms with Gasteiger partial charge in [-0.1, -0.05) is 23.7 Å². The molecule has 0 saturated carbocycles. The zero-order valence-electron chi connectivity index (χ0n) is 11.9. The molecular formula is C15H10ClN3O3S. The van der Waals surface area contributed by atoms with Crippen LogP contribution in [0.1, 0.15) is 17.0 Å². The number of H-pyrrole nitrogens is 1. The number of nitro groups is 1. The van der Waals surface area contributed by atoms with Crippen molar-refractivity contribution in [2.75, 3.05) is 0 Å². The summed E-state index contributed by atoms with van der Waals surface area (Å²) in [6.45, 7) is 1.66. The van der Waals surface area contributed by atoms with Gasteiger partial charge in [-0.3, -0.25) is 14.9 Å². The number of nitrogens with one attached hydrogen (secondary N) is 1.